The highest BCUT2D eigenvalue weighted by molar-refractivity contribution is 5.97. The average Bonchev–Trinajstić information content (AvgIpc) is 2.61. The van der Waals surface area contributed by atoms with E-state index in [0.29, 0.717) is 36.7 Å². The van der Waals surface area contributed by atoms with Gasteiger partial charge in [0.2, 0.25) is 0 Å². The molecule has 1 aromatic carbocycles. The third kappa shape index (κ3) is 5.13. The molecule has 0 bridgehead atoms. The minimum atomic E-state index is -0.0154. The van der Waals surface area contributed by atoms with Crippen LogP contribution in [0.4, 0.5) is 5.69 Å². The number of anilines is 1. The molecule has 0 unspecified atom stereocenters. The number of likely N-dealkylation sites (tertiary alicyclic amines) is 1. The summed E-state index contributed by atoms with van der Waals surface area (Å²) >= 11 is 0. The van der Waals surface area contributed by atoms with Crippen molar-refractivity contribution in [2.45, 2.75) is 39.5 Å². The van der Waals surface area contributed by atoms with Gasteiger partial charge in [0.1, 0.15) is 5.75 Å². The molecule has 24 heavy (non-hydrogen) atoms. The van der Waals surface area contributed by atoms with E-state index < -0.39 is 0 Å². The predicted molar refractivity (Wildman–Crippen MR) is 98.5 cm³/mol. The van der Waals surface area contributed by atoms with E-state index in [9.17, 15) is 4.79 Å². The maximum absolute atomic E-state index is 12.6. The monoisotopic (exact) mass is 333 g/mol. The van der Waals surface area contributed by atoms with Crippen molar-refractivity contribution in [3.8, 4) is 5.75 Å². The molecule has 1 heterocycles. The fourth-order valence-electron chi connectivity index (χ4n) is 3.18. The van der Waals surface area contributed by atoms with Crippen molar-refractivity contribution < 1.29 is 9.53 Å². The molecule has 1 saturated heterocycles. The number of nitrogens with two attached hydrogens (primary N) is 1. The highest BCUT2D eigenvalue weighted by Gasteiger charge is 2.18. The Morgan fingerprint density at radius 3 is 2.58 bits per heavy atom. The highest BCUT2D eigenvalue weighted by atomic mass is 16.5. The van der Waals surface area contributed by atoms with Crippen LogP contribution in [0.2, 0.25) is 0 Å². The molecule has 0 spiro atoms. The zero-order chi connectivity index (χ0) is 17.4. The first-order chi connectivity index (χ1) is 11.7. The lowest BCUT2D eigenvalue weighted by Gasteiger charge is -2.26. The normalized spacial score (nSPS) is 15.2. The van der Waals surface area contributed by atoms with Crippen LogP contribution in [0.25, 0.3) is 0 Å². The van der Waals surface area contributed by atoms with Crippen LogP contribution in [0.3, 0.4) is 0 Å². The predicted octanol–water partition coefficient (Wildman–Crippen LogP) is 3.01. The highest BCUT2D eigenvalue weighted by Crippen LogP contribution is 2.23. The maximum Gasteiger partial charge on any atom is 0.257 e. The van der Waals surface area contributed by atoms with E-state index in [1.807, 2.05) is 19.9 Å². The van der Waals surface area contributed by atoms with Gasteiger partial charge in [0.05, 0.1) is 12.2 Å². The first kappa shape index (κ1) is 18.6. The SMILES string of the molecule is CCN(CC)C(=O)c1cc(N)ccc1OCCCN1CCCCC1. The number of ether oxygens (including phenoxy) is 1. The number of hydrogen-bond acceptors (Lipinski definition) is 4. The Hall–Kier alpha value is -1.75. The molecule has 0 aromatic heterocycles. The number of benzene rings is 1. The molecule has 1 aliphatic heterocycles. The molecule has 0 saturated carbocycles. The molecule has 2 N–H and O–H groups in total. The summed E-state index contributed by atoms with van der Waals surface area (Å²) in [6.45, 7) is 9.41. The largest absolute Gasteiger partial charge is 0.493 e. The molecule has 0 atom stereocenters. The summed E-state index contributed by atoms with van der Waals surface area (Å²) in [6, 6.07) is 5.33. The molecule has 5 heteroatoms. The van der Waals surface area contributed by atoms with Gasteiger partial charge in [0.15, 0.2) is 0 Å². The number of carbonyl (C=O) groups is 1. The Balaban J connectivity index is 1.92. The fraction of sp³-hybridized carbons (Fsp3) is 0.632. The van der Waals surface area contributed by atoms with Crippen molar-refractivity contribution in [2.75, 3.05) is 45.1 Å². The fourth-order valence-corrected chi connectivity index (χ4v) is 3.18. The molecule has 134 valence electrons. The Morgan fingerprint density at radius 2 is 1.92 bits per heavy atom. The second-order valence-corrected chi connectivity index (χ2v) is 6.34. The zero-order valence-electron chi connectivity index (χ0n) is 15.1. The van der Waals surface area contributed by atoms with Gasteiger partial charge in [-0.2, -0.15) is 0 Å². The maximum atomic E-state index is 12.6. The molecule has 1 fully saturated rings. The minimum Gasteiger partial charge on any atom is -0.493 e. The van der Waals surface area contributed by atoms with Crippen molar-refractivity contribution in [2.24, 2.45) is 0 Å². The van der Waals surface area contributed by atoms with Gasteiger partial charge in [0.25, 0.3) is 5.91 Å². The molecule has 0 radical (unpaired) electrons. The van der Waals surface area contributed by atoms with Gasteiger partial charge in [-0.15, -0.1) is 0 Å². The lowest BCUT2D eigenvalue weighted by molar-refractivity contribution is 0.0768. The molecule has 2 rings (SSSR count). The topological polar surface area (TPSA) is 58.8 Å². The van der Waals surface area contributed by atoms with Gasteiger partial charge < -0.3 is 20.3 Å². The summed E-state index contributed by atoms with van der Waals surface area (Å²) in [6.07, 6.45) is 4.95. The average molecular weight is 333 g/mol. The van der Waals surface area contributed by atoms with Crippen molar-refractivity contribution >= 4 is 11.6 Å². The van der Waals surface area contributed by atoms with Crippen LogP contribution >= 0.6 is 0 Å². The van der Waals surface area contributed by atoms with Crippen molar-refractivity contribution in [1.29, 1.82) is 0 Å². The standard InChI is InChI=1S/C19H31N3O2/c1-3-22(4-2)19(23)17-15-16(20)9-10-18(17)24-14-8-13-21-11-6-5-7-12-21/h9-10,15H,3-8,11-14,20H2,1-2H3. The number of piperidine rings is 1. The lowest BCUT2D eigenvalue weighted by Crippen LogP contribution is -2.32. The summed E-state index contributed by atoms with van der Waals surface area (Å²) in [5, 5.41) is 0. The zero-order valence-corrected chi connectivity index (χ0v) is 15.1. The van der Waals surface area contributed by atoms with Crippen LogP contribution in [0, 0.1) is 0 Å². The van der Waals surface area contributed by atoms with E-state index in [4.69, 9.17) is 10.5 Å². The van der Waals surface area contributed by atoms with Crippen LogP contribution in [0.1, 0.15) is 49.9 Å². The number of nitrogen functional groups attached to an aromatic ring is 1. The molecule has 1 amide bonds. The van der Waals surface area contributed by atoms with Crippen LogP contribution in [0.5, 0.6) is 5.75 Å². The van der Waals surface area contributed by atoms with E-state index in [1.165, 1.54) is 32.4 Å². The second kappa shape index (κ2) is 9.52. The molecule has 1 aliphatic rings. The Morgan fingerprint density at radius 1 is 1.21 bits per heavy atom. The quantitative estimate of drug-likeness (QED) is 0.587. The number of nitrogens with zero attached hydrogens (tertiary/aromatic N) is 2. The van der Waals surface area contributed by atoms with E-state index in [-0.39, 0.29) is 5.91 Å². The molecular formula is C19H31N3O2. The molecular weight excluding hydrogens is 302 g/mol. The summed E-state index contributed by atoms with van der Waals surface area (Å²) in [7, 11) is 0. The summed E-state index contributed by atoms with van der Waals surface area (Å²) in [5.41, 5.74) is 7.02. The minimum absolute atomic E-state index is 0.0154. The van der Waals surface area contributed by atoms with E-state index >= 15 is 0 Å². The van der Waals surface area contributed by atoms with Gasteiger partial charge in [-0.1, -0.05) is 6.42 Å². The first-order valence-electron chi connectivity index (χ1n) is 9.19. The van der Waals surface area contributed by atoms with Crippen molar-refractivity contribution in [3.63, 3.8) is 0 Å². The van der Waals surface area contributed by atoms with E-state index in [2.05, 4.69) is 4.90 Å². The second-order valence-electron chi connectivity index (χ2n) is 6.34. The van der Waals surface area contributed by atoms with Crippen LogP contribution in [-0.4, -0.2) is 55.0 Å². The van der Waals surface area contributed by atoms with Gasteiger partial charge in [-0.25, -0.2) is 0 Å². The number of amides is 1. The van der Waals surface area contributed by atoms with Crippen LogP contribution in [0.15, 0.2) is 18.2 Å². The summed E-state index contributed by atoms with van der Waals surface area (Å²) < 4.78 is 5.91. The molecule has 5 nitrogen and oxygen atoms in total. The van der Waals surface area contributed by atoms with Crippen LogP contribution < -0.4 is 10.5 Å². The van der Waals surface area contributed by atoms with Gasteiger partial charge >= 0.3 is 0 Å². The van der Waals surface area contributed by atoms with Gasteiger partial charge in [-0.3, -0.25) is 4.79 Å². The van der Waals surface area contributed by atoms with Crippen molar-refractivity contribution in [1.82, 2.24) is 9.80 Å². The van der Waals surface area contributed by atoms with Gasteiger partial charge in [-0.05, 0) is 64.4 Å². The first-order valence-corrected chi connectivity index (χ1v) is 9.19. The van der Waals surface area contributed by atoms with Crippen molar-refractivity contribution in [3.05, 3.63) is 23.8 Å². The lowest BCUT2D eigenvalue weighted by atomic mass is 10.1. The Labute approximate surface area is 145 Å². The summed E-state index contributed by atoms with van der Waals surface area (Å²) in [4.78, 5) is 16.9. The van der Waals surface area contributed by atoms with E-state index in [0.717, 1.165) is 13.0 Å². The third-order valence-electron chi connectivity index (χ3n) is 4.61. The Bertz CT molecular complexity index is 523. The van der Waals surface area contributed by atoms with E-state index in [1.54, 1.807) is 17.0 Å². The number of carbonyl (C=O) groups excluding carboxylic acids is 1. The molecule has 0 aliphatic carbocycles. The number of rotatable bonds is 8. The van der Waals surface area contributed by atoms with Crippen LogP contribution in [-0.2, 0) is 0 Å². The third-order valence-corrected chi connectivity index (χ3v) is 4.61. The van der Waals surface area contributed by atoms with Gasteiger partial charge in [0, 0.05) is 25.3 Å². The number of hydrogen-bond donors (Lipinski definition) is 1. The Kier molecular flexibility index (Phi) is 7.37. The summed E-state index contributed by atoms with van der Waals surface area (Å²) in [5.74, 6) is 0.623. The molecule has 1 aromatic rings. The smallest absolute Gasteiger partial charge is 0.257 e.